The fourth-order valence-corrected chi connectivity index (χ4v) is 2.69. The van der Waals surface area contributed by atoms with Gasteiger partial charge in [-0.05, 0) is 6.07 Å². The summed E-state index contributed by atoms with van der Waals surface area (Å²) >= 11 is 1.06. The van der Waals surface area contributed by atoms with Gasteiger partial charge in [-0.25, -0.2) is 0 Å². The molecule has 112 valence electrons. The van der Waals surface area contributed by atoms with Crippen molar-refractivity contribution in [2.75, 3.05) is 17.7 Å². The number of aliphatic carboxylic acids is 1. The van der Waals surface area contributed by atoms with Crippen molar-refractivity contribution in [3.05, 3.63) is 22.2 Å². The Bertz CT molecular complexity index is 618. The molecule has 0 fully saturated rings. The van der Waals surface area contributed by atoms with Gasteiger partial charge in [-0.3, -0.25) is 19.7 Å². The minimum Gasteiger partial charge on any atom is -0.481 e. The highest BCUT2D eigenvalue weighted by Gasteiger charge is 2.24. The second-order valence-electron chi connectivity index (χ2n) is 4.46. The van der Waals surface area contributed by atoms with Crippen LogP contribution in [-0.4, -0.2) is 34.3 Å². The number of amides is 1. The molecule has 1 heterocycles. The summed E-state index contributed by atoms with van der Waals surface area (Å²) in [6.45, 7) is 1.33. The molecule has 0 spiro atoms. The number of hydrogen-bond donors (Lipinski definition) is 2. The van der Waals surface area contributed by atoms with Gasteiger partial charge in [0.05, 0.1) is 27.5 Å². The molecule has 2 rings (SSSR count). The number of nitro groups is 1. The number of hydrogen-bond acceptors (Lipinski definition) is 6. The Kier molecular flexibility index (Phi) is 4.32. The number of fused-ring (bicyclic) bond motifs is 1. The van der Waals surface area contributed by atoms with E-state index in [1.165, 1.54) is 19.1 Å². The van der Waals surface area contributed by atoms with E-state index in [9.17, 15) is 19.7 Å². The van der Waals surface area contributed by atoms with Gasteiger partial charge in [-0.2, -0.15) is 0 Å². The van der Waals surface area contributed by atoms with Crippen LogP contribution in [0.2, 0.25) is 0 Å². The summed E-state index contributed by atoms with van der Waals surface area (Å²) in [6, 6.07) is 2.67. The zero-order valence-electron chi connectivity index (χ0n) is 11.0. The number of rotatable bonds is 5. The van der Waals surface area contributed by atoms with Gasteiger partial charge in [0.1, 0.15) is 0 Å². The van der Waals surface area contributed by atoms with Crippen LogP contribution in [0.25, 0.3) is 0 Å². The molecule has 0 saturated heterocycles. The highest BCUT2D eigenvalue weighted by molar-refractivity contribution is 7.99. The fourth-order valence-electron chi connectivity index (χ4n) is 1.64. The largest absolute Gasteiger partial charge is 0.481 e. The molecule has 1 amide bonds. The van der Waals surface area contributed by atoms with Gasteiger partial charge in [0.2, 0.25) is 0 Å². The summed E-state index contributed by atoms with van der Waals surface area (Å²) < 4.78 is 5.13. The topological polar surface area (TPSA) is 119 Å². The Balaban J connectivity index is 2.30. The van der Waals surface area contributed by atoms with E-state index in [1.807, 2.05) is 0 Å². The molecule has 1 atom stereocenters. The second-order valence-corrected chi connectivity index (χ2v) is 5.52. The lowest BCUT2D eigenvalue weighted by molar-refractivity contribution is -0.387. The lowest BCUT2D eigenvalue weighted by atomic mass is 10.2. The maximum absolute atomic E-state index is 11.3. The number of nitrogens with zero attached hydrogens (tertiary/aromatic N) is 1. The predicted molar refractivity (Wildman–Crippen MR) is 74.7 cm³/mol. The maximum Gasteiger partial charge on any atom is 0.307 e. The van der Waals surface area contributed by atoms with E-state index in [2.05, 4.69) is 5.32 Å². The van der Waals surface area contributed by atoms with Crippen LogP contribution in [0.4, 0.5) is 11.4 Å². The van der Waals surface area contributed by atoms with E-state index in [0.717, 1.165) is 11.8 Å². The molecule has 0 aromatic heterocycles. The highest BCUT2D eigenvalue weighted by atomic mass is 32.2. The Hall–Kier alpha value is -2.29. The number of ether oxygens (including phenoxy) is 1. The van der Waals surface area contributed by atoms with E-state index < -0.39 is 16.8 Å². The zero-order valence-corrected chi connectivity index (χ0v) is 11.8. The lowest BCUT2D eigenvalue weighted by Crippen LogP contribution is -2.25. The molecule has 0 aliphatic carbocycles. The normalized spacial score (nSPS) is 14.6. The fraction of sp³-hybridized carbons (Fsp3) is 0.333. The van der Waals surface area contributed by atoms with Crippen molar-refractivity contribution < 1.29 is 24.4 Å². The first kappa shape index (κ1) is 15.1. The average molecular weight is 312 g/mol. The van der Waals surface area contributed by atoms with Crippen LogP contribution < -0.4 is 10.1 Å². The molecule has 2 N–H and O–H groups in total. The van der Waals surface area contributed by atoms with Crippen LogP contribution in [0, 0.1) is 16.0 Å². The first-order valence-corrected chi connectivity index (χ1v) is 6.97. The average Bonchev–Trinajstić information content (AvgIpc) is 2.43. The first-order valence-electron chi connectivity index (χ1n) is 5.99. The molecule has 0 bridgehead atoms. The lowest BCUT2D eigenvalue weighted by Gasteiger charge is -2.18. The molecule has 0 radical (unpaired) electrons. The third-order valence-electron chi connectivity index (χ3n) is 2.80. The molecular formula is C12H12N2O6S. The molecule has 9 heteroatoms. The van der Waals surface area contributed by atoms with Crippen molar-refractivity contribution >= 4 is 35.0 Å². The Morgan fingerprint density at radius 3 is 2.95 bits per heavy atom. The van der Waals surface area contributed by atoms with Crippen LogP contribution in [0.3, 0.4) is 0 Å². The van der Waals surface area contributed by atoms with E-state index >= 15 is 0 Å². The number of anilines is 1. The third-order valence-corrected chi connectivity index (χ3v) is 4.11. The number of carboxylic acids is 1. The van der Waals surface area contributed by atoms with Crippen molar-refractivity contribution in [2.24, 2.45) is 5.92 Å². The predicted octanol–water partition coefficient (Wildman–Crippen LogP) is 1.74. The van der Waals surface area contributed by atoms with Crippen molar-refractivity contribution in [3.63, 3.8) is 0 Å². The zero-order chi connectivity index (χ0) is 15.6. The minimum absolute atomic E-state index is 0.174. The summed E-state index contributed by atoms with van der Waals surface area (Å²) in [5.74, 6) is -1.54. The van der Waals surface area contributed by atoms with Gasteiger partial charge >= 0.3 is 5.97 Å². The van der Waals surface area contributed by atoms with Crippen LogP contribution in [0.5, 0.6) is 5.75 Å². The third kappa shape index (κ3) is 3.43. The summed E-state index contributed by atoms with van der Waals surface area (Å²) in [4.78, 5) is 32.9. The summed E-state index contributed by atoms with van der Waals surface area (Å²) in [5, 5.41) is 22.5. The Morgan fingerprint density at radius 2 is 2.33 bits per heavy atom. The van der Waals surface area contributed by atoms with Crippen LogP contribution in [0.15, 0.2) is 17.0 Å². The first-order chi connectivity index (χ1) is 9.88. The van der Waals surface area contributed by atoms with Crippen LogP contribution in [-0.2, 0) is 9.59 Å². The quantitative estimate of drug-likeness (QED) is 0.483. The van der Waals surface area contributed by atoms with Gasteiger partial charge in [-0.1, -0.05) is 6.92 Å². The maximum atomic E-state index is 11.3. The number of nitrogens with one attached hydrogen (secondary N) is 1. The molecule has 1 aliphatic heterocycles. The number of nitro benzene ring substituents is 1. The van der Waals surface area contributed by atoms with Gasteiger partial charge < -0.3 is 15.2 Å². The number of thioether (sulfide) groups is 1. The van der Waals surface area contributed by atoms with Crippen LogP contribution in [0.1, 0.15) is 6.92 Å². The highest BCUT2D eigenvalue weighted by Crippen LogP contribution is 2.39. The molecule has 8 nitrogen and oxygen atoms in total. The van der Waals surface area contributed by atoms with Gasteiger partial charge in [0.25, 0.3) is 11.6 Å². The van der Waals surface area contributed by atoms with Crippen molar-refractivity contribution in [1.29, 1.82) is 0 Å². The minimum atomic E-state index is -0.972. The summed E-state index contributed by atoms with van der Waals surface area (Å²) in [7, 11) is 0. The SMILES string of the molecule is CC(CSc1cc2c(cc1[N+](=O)[O-])OCC(=O)N2)C(=O)O. The molecule has 1 aromatic rings. The Labute approximate surface area is 123 Å². The van der Waals surface area contributed by atoms with Crippen molar-refractivity contribution in [1.82, 2.24) is 0 Å². The second kappa shape index (κ2) is 6.00. The van der Waals surface area contributed by atoms with Crippen LogP contribution >= 0.6 is 11.8 Å². The molecule has 1 aromatic carbocycles. The number of carbonyl (C=O) groups is 2. The Morgan fingerprint density at radius 1 is 1.62 bits per heavy atom. The van der Waals surface area contributed by atoms with E-state index in [1.54, 1.807) is 0 Å². The summed E-state index contributed by atoms with van der Waals surface area (Å²) in [6.07, 6.45) is 0. The summed E-state index contributed by atoms with van der Waals surface area (Å²) in [5.41, 5.74) is 0.176. The van der Waals surface area contributed by atoms with E-state index in [4.69, 9.17) is 9.84 Å². The van der Waals surface area contributed by atoms with E-state index in [-0.39, 0.29) is 34.6 Å². The number of carbonyl (C=O) groups excluding carboxylic acids is 1. The molecular weight excluding hydrogens is 300 g/mol. The van der Waals surface area contributed by atoms with Gasteiger partial charge in [-0.15, -0.1) is 11.8 Å². The standard InChI is InChI=1S/C12H12N2O6S/c1-6(12(16)17)5-21-10-2-7-9(3-8(10)14(18)19)20-4-11(15)13-7/h2-3,6H,4-5H2,1H3,(H,13,15)(H,16,17). The smallest absolute Gasteiger partial charge is 0.307 e. The molecule has 21 heavy (non-hydrogen) atoms. The van der Waals surface area contributed by atoms with Gasteiger partial charge in [0.15, 0.2) is 12.4 Å². The molecule has 0 saturated carbocycles. The van der Waals surface area contributed by atoms with Crippen molar-refractivity contribution in [2.45, 2.75) is 11.8 Å². The number of carboxylic acid groups (broad SMARTS) is 1. The monoisotopic (exact) mass is 312 g/mol. The van der Waals surface area contributed by atoms with Gasteiger partial charge in [0, 0.05) is 5.75 Å². The molecule has 1 unspecified atom stereocenters. The molecule has 1 aliphatic rings. The van der Waals surface area contributed by atoms with E-state index in [0.29, 0.717) is 5.69 Å². The van der Waals surface area contributed by atoms with Crippen molar-refractivity contribution in [3.8, 4) is 5.75 Å². The number of benzene rings is 1.